The molecule has 1 aromatic heterocycles. The number of hydrogen-bond donors (Lipinski definition) is 0. The van der Waals surface area contributed by atoms with Gasteiger partial charge in [-0.3, -0.25) is 0 Å². The Morgan fingerprint density at radius 3 is 1.58 bits per heavy atom. The molecule has 1 aliphatic rings. The molecule has 0 amide bonds. The lowest BCUT2D eigenvalue weighted by molar-refractivity contribution is 0.669. The van der Waals surface area contributed by atoms with Crippen molar-refractivity contribution in [3.05, 3.63) is 295 Å². The van der Waals surface area contributed by atoms with Crippen molar-refractivity contribution in [1.29, 1.82) is 0 Å². The molecule has 0 aliphatic heterocycles. The lowest BCUT2D eigenvalue weighted by Gasteiger charge is -2.34. The molecule has 0 spiro atoms. The van der Waals surface area contributed by atoms with Crippen molar-refractivity contribution in [2.75, 3.05) is 4.90 Å². The van der Waals surface area contributed by atoms with Crippen molar-refractivity contribution < 1.29 is 4.42 Å². The van der Waals surface area contributed by atoms with Crippen LogP contribution >= 0.6 is 0 Å². The third-order valence-corrected chi connectivity index (χ3v) is 14.2. The third kappa shape index (κ3) is 6.64. The Kier molecular flexibility index (Phi) is 9.77. The SMILES string of the molecule is c1ccc(-c2ccc(-c3ccccc3N(c3ccc(-c4cccc5c4-c4ccccc4C5(c4ccccc4)c4ccccc4)cc3)c3cccc(-c4cccc5oc6ccccc6c45)c3)cc2)cc1. The first kappa shape index (κ1) is 40.3. The molecule has 69 heavy (non-hydrogen) atoms. The largest absolute Gasteiger partial charge is 0.456 e. The Balaban J connectivity index is 0.974. The molecule has 13 rings (SSSR count). The fourth-order valence-electron chi connectivity index (χ4n) is 11.2. The number of anilines is 3. The normalized spacial score (nSPS) is 12.5. The van der Waals surface area contributed by atoms with Gasteiger partial charge in [0.1, 0.15) is 11.2 Å². The van der Waals surface area contributed by atoms with Gasteiger partial charge in [0.25, 0.3) is 0 Å². The van der Waals surface area contributed by atoms with E-state index in [1.807, 2.05) is 6.07 Å². The standard InChI is InChI=1S/C67H45NO/c1-4-19-46(20-5-1)47-37-39-48(40-38-47)55-27-11-14-34-62(55)68(54-26-16-21-50(45-54)57-31-18-36-64-66(57)59-29-12-15-35-63(59)69-64)53-43-41-49(42-44-53)56-30-17-33-61-65(56)58-28-10-13-32-60(58)67(61,51-22-6-2-7-23-51)52-24-8-3-9-25-52/h1-45H. The third-order valence-electron chi connectivity index (χ3n) is 14.2. The van der Waals surface area contributed by atoms with Gasteiger partial charge in [-0.1, -0.05) is 231 Å². The quantitative estimate of drug-likeness (QED) is 0.144. The predicted molar refractivity (Wildman–Crippen MR) is 287 cm³/mol. The minimum atomic E-state index is -0.470. The number of nitrogens with zero attached hydrogens (tertiary/aromatic N) is 1. The highest BCUT2D eigenvalue weighted by Crippen LogP contribution is 2.58. The van der Waals surface area contributed by atoms with Crippen LogP contribution in [-0.2, 0) is 5.41 Å². The molecule has 324 valence electrons. The van der Waals surface area contributed by atoms with Crippen molar-refractivity contribution in [3.63, 3.8) is 0 Å². The van der Waals surface area contributed by atoms with Gasteiger partial charge < -0.3 is 9.32 Å². The van der Waals surface area contributed by atoms with E-state index < -0.39 is 5.41 Å². The van der Waals surface area contributed by atoms with Crippen LogP contribution in [0.25, 0.3) is 77.6 Å². The highest BCUT2D eigenvalue weighted by atomic mass is 16.3. The van der Waals surface area contributed by atoms with E-state index in [-0.39, 0.29) is 0 Å². The Morgan fingerprint density at radius 2 is 0.812 bits per heavy atom. The first-order valence-electron chi connectivity index (χ1n) is 23.7. The van der Waals surface area contributed by atoms with Crippen molar-refractivity contribution in [2.45, 2.75) is 5.41 Å². The van der Waals surface area contributed by atoms with Crippen molar-refractivity contribution in [1.82, 2.24) is 0 Å². The lowest BCUT2D eigenvalue weighted by Crippen LogP contribution is -2.28. The van der Waals surface area contributed by atoms with E-state index in [4.69, 9.17) is 4.42 Å². The van der Waals surface area contributed by atoms with Gasteiger partial charge in [0.15, 0.2) is 0 Å². The van der Waals surface area contributed by atoms with Crippen LogP contribution in [0.3, 0.4) is 0 Å². The summed E-state index contributed by atoms with van der Waals surface area (Å²) in [5.41, 5.74) is 21.5. The zero-order valence-electron chi connectivity index (χ0n) is 37.8. The molecule has 0 unspecified atom stereocenters. The highest BCUT2D eigenvalue weighted by Gasteiger charge is 2.46. The van der Waals surface area contributed by atoms with Gasteiger partial charge in [-0.2, -0.15) is 0 Å². The van der Waals surface area contributed by atoms with Crippen LogP contribution < -0.4 is 4.90 Å². The van der Waals surface area contributed by atoms with Crippen molar-refractivity contribution in [3.8, 4) is 55.6 Å². The monoisotopic (exact) mass is 879 g/mol. The molecule has 0 atom stereocenters. The van der Waals surface area contributed by atoms with Gasteiger partial charge >= 0.3 is 0 Å². The van der Waals surface area contributed by atoms with E-state index in [1.165, 1.54) is 55.6 Å². The fraction of sp³-hybridized carbons (Fsp3) is 0.0149. The molecule has 1 heterocycles. The number of para-hydroxylation sites is 2. The molecule has 0 radical (unpaired) electrons. The van der Waals surface area contributed by atoms with E-state index in [0.29, 0.717) is 0 Å². The van der Waals surface area contributed by atoms with Crippen molar-refractivity contribution in [2.24, 2.45) is 0 Å². The fourth-order valence-corrected chi connectivity index (χ4v) is 11.2. The topological polar surface area (TPSA) is 16.4 Å². The average Bonchev–Trinajstić information content (AvgIpc) is 3.97. The number of furan rings is 1. The Hall–Kier alpha value is -8.98. The Bertz CT molecular complexity index is 3780. The number of benzene rings is 11. The van der Waals surface area contributed by atoms with Crippen LogP contribution in [0.2, 0.25) is 0 Å². The van der Waals surface area contributed by atoms with Crippen LogP contribution in [0.4, 0.5) is 17.1 Å². The molecular weight excluding hydrogens is 835 g/mol. The zero-order valence-corrected chi connectivity index (χ0v) is 37.8. The summed E-state index contributed by atoms with van der Waals surface area (Å²) < 4.78 is 6.37. The average molecular weight is 880 g/mol. The van der Waals surface area contributed by atoms with Gasteiger partial charge in [0.2, 0.25) is 0 Å². The highest BCUT2D eigenvalue weighted by molar-refractivity contribution is 6.12. The first-order chi connectivity index (χ1) is 34.2. The molecule has 0 saturated heterocycles. The molecule has 0 N–H and O–H groups in total. The van der Waals surface area contributed by atoms with Gasteiger partial charge in [-0.05, 0) is 115 Å². The summed E-state index contributed by atoms with van der Waals surface area (Å²) in [5, 5.41) is 2.24. The zero-order chi connectivity index (χ0) is 45.7. The lowest BCUT2D eigenvalue weighted by atomic mass is 9.67. The van der Waals surface area contributed by atoms with Crippen LogP contribution in [0, 0.1) is 0 Å². The Labute approximate surface area is 402 Å². The van der Waals surface area contributed by atoms with E-state index in [0.717, 1.165) is 61.3 Å². The van der Waals surface area contributed by atoms with Crippen molar-refractivity contribution >= 4 is 39.0 Å². The summed E-state index contributed by atoms with van der Waals surface area (Å²) >= 11 is 0. The van der Waals surface area contributed by atoms with Crippen LogP contribution in [0.1, 0.15) is 22.3 Å². The molecule has 0 bridgehead atoms. The second kappa shape index (κ2) is 16.7. The van der Waals surface area contributed by atoms with Gasteiger partial charge in [0, 0.05) is 27.7 Å². The second-order valence-electron chi connectivity index (χ2n) is 17.9. The van der Waals surface area contributed by atoms with E-state index in [1.54, 1.807) is 0 Å². The van der Waals surface area contributed by atoms with Crippen LogP contribution in [0.15, 0.2) is 277 Å². The van der Waals surface area contributed by atoms with E-state index in [2.05, 4.69) is 272 Å². The summed E-state index contributed by atoms with van der Waals surface area (Å²) in [6.45, 7) is 0. The smallest absolute Gasteiger partial charge is 0.136 e. The molecule has 0 fully saturated rings. The maximum Gasteiger partial charge on any atom is 0.136 e. The summed E-state index contributed by atoms with van der Waals surface area (Å²) in [6.07, 6.45) is 0. The molecule has 12 aromatic rings. The minimum absolute atomic E-state index is 0.470. The van der Waals surface area contributed by atoms with Crippen LogP contribution in [0.5, 0.6) is 0 Å². The first-order valence-corrected chi connectivity index (χ1v) is 23.7. The van der Waals surface area contributed by atoms with E-state index in [9.17, 15) is 0 Å². The number of fused-ring (bicyclic) bond motifs is 6. The molecule has 2 heteroatoms. The van der Waals surface area contributed by atoms with Gasteiger partial charge in [-0.15, -0.1) is 0 Å². The maximum atomic E-state index is 6.37. The number of hydrogen-bond acceptors (Lipinski definition) is 2. The minimum Gasteiger partial charge on any atom is -0.456 e. The van der Waals surface area contributed by atoms with Gasteiger partial charge in [-0.25, -0.2) is 0 Å². The molecule has 2 nitrogen and oxygen atoms in total. The Morgan fingerprint density at radius 1 is 0.304 bits per heavy atom. The van der Waals surface area contributed by atoms with Gasteiger partial charge in [0.05, 0.1) is 11.1 Å². The second-order valence-corrected chi connectivity index (χ2v) is 17.9. The summed E-state index contributed by atoms with van der Waals surface area (Å²) in [5.74, 6) is 0. The summed E-state index contributed by atoms with van der Waals surface area (Å²) in [7, 11) is 0. The van der Waals surface area contributed by atoms with Crippen LogP contribution in [-0.4, -0.2) is 0 Å². The molecule has 0 saturated carbocycles. The maximum absolute atomic E-state index is 6.37. The number of rotatable bonds is 9. The van der Waals surface area contributed by atoms with E-state index >= 15 is 0 Å². The predicted octanol–water partition coefficient (Wildman–Crippen LogP) is 18.1. The molecule has 11 aromatic carbocycles. The summed E-state index contributed by atoms with van der Waals surface area (Å²) in [4.78, 5) is 2.42. The molecule has 1 aliphatic carbocycles. The summed E-state index contributed by atoms with van der Waals surface area (Å²) in [6, 6.07) is 99.2. The molecular formula is C67H45NO.